The lowest BCUT2D eigenvalue weighted by Crippen LogP contribution is -2.55. The van der Waals surface area contributed by atoms with E-state index < -0.39 is 0 Å². The summed E-state index contributed by atoms with van der Waals surface area (Å²) in [6.07, 6.45) is 3.27. The molecule has 0 saturated carbocycles. The average Bonchev–Trinajstić information content (AvgIpc) is 2.02. The van der Waals surface area contributed by atoms with Crippen LogP contribution in [-0.4, -0.2) is 18.6 Å². The summed E-state index contributed by atoms with van der Waals surface area (Å²) in [5.41, 5.74) is 1.07. The van der Waals surface area contributed by atoms with Gasteiger partial charge < -0.3 is 4.74 Å². The fourth-order valence-corrected chi connectivity index (χ4v) is 1.60. The summed E-state index contributed by atoms with van der Waals surface area (Å²) in [4.78, 5) is 4.37. The molecule has 1 aromatic rings. The molecule has 0 amide bonds. The van der Waals surface area contributed by atoms with Crippen LogP contribution in [0.4, 0.5) is 0 Å². The van der Waals surface area contributed by atoms with Crippen molar-refractivity contribution in [1.29, 1.82) is 0 Å². The van der Waals surface area contributed by atoms with Gasteiger partial charge in [0.1, 0.15) is 11.9 Å². The molecule has 1 fully saturated rings. The van der Waals surface area contributed by atoms with E-state index >= 15 is 0 Å². The smallest absolute Gasteiger partial charge is 0.155 e. The van der Waals surface area contributed by atoms with Crippen LogP contribution in [0.5, 0.6) is 5.75 Å². The van der Waals surface area contributed by atoms with Crippen molar-refractivity contribution in [3.05, 3.63) is 29.8 Å². The third-order valence-electron chi connectivity index (χ3n) is 2.40. The second kappa shape index (κ2) is 2.57. The summed E-state index contributed by atoms with van der Waals surface area (Å²) in [5.74, 6) is 0.918. The standard InChI is InChI=1S/C10H10N2O/c1-2-4-8-7(3-1)6-11-9-5-10(12-9)13-8/h1-4,6,9-10,12H,5H2/b11-6-. The fourth-order valence-electron chi connectivity index (χ4n) is 1.60. The number of hydrogen-bond donors (Lipinski definition) is 1. The lowest BCUT2D eigenvalue weighted by atomic mass is 10.1. The van der Waals surface area contributed by atoms with Gasteiger partial charge in [0.2, 0.25) is 0 Å². The van der Waals surface area contributed by atoms with Gasteiger partial charge in [0.25, 0.3) is 0 Å². The number of benzene rings is 1. The molecular weight excluding hydrogens is 164 g/mol. The van der Waals surface area contributed by atoms with Crippen LogP contribution >= 0.6 is 0 Å². The number of hydrogen-bond acceptors (Lipinski definition) is 3. The minimum atomic E-state index is 0.156. The normalized spacial score (nSPS) is 31.7. The van der Waals surface area contributed by atoms with Gasteiger partial charge in [-0.1, -0.05) is 12.1 Å². The van der Waals surface area contributed by atoms with Crippen molar-refractivity contribution in [2.75, 3.05) is 0 Å². The topological polar surface area (TPSA) is 33.6 Å². The average molecular weight is 174 g/mol. The first-order chi connectivity index (χ1) is 6.42. The first kappa shape index (κ1) is 7.09. The van der Waals surface area contributed by atoms with Gasteiger partial charge in [-0.2, -0.15) is 0 Å². The Kier molecular flexibility index (Phi) is 1.40. The number of aliphatic imine (C=N–C) groups is 1. The molecule has 0 radical (unpaired) electrons. The van der Waals surface area contributed by atoms with E-state index in [4.69, 9.17) is 4.74 Å². The van der Waals surface area contributed by atoms with Gasteiger partial charge in [-0.3, -0.25) is 10.3 Å². The van der Waals surface area contributed by atoms with Crippen LogP contribution in [0.1, 0.15) is 12.0 Å². The van der Waals surface area contributed by atoms with Crippen LogP contribution in [0.25, 0.3) is 0 Å². The molecule has 1 saturated heterocycles. The van der Waals surface area contributed by atoms with E-state index in [-0.39, 0.29) is 12.4 Å². The molecule has 2 bridgehead atoms. The Morgan fingerprint density at radius 1 is 1.38 bits per heavy atom. The lowest BCUT2D eigenvalue weighted by molar-refractivity contribution is 0.0584. The monoisotopic (exact) mass is 174 g/mol. The molecule has 0 spiro atoms. The van der Waals surface area contributed by atoms with Crippen LogP contribution in [0.3, 0.4) is 0 Å². The number of para-hydroxylation sites is 1. The second-order valence-electron chi connectivity index (χ2n) is 3.34. The van der Waals surface area contributed by atoms with Gasteiger partial charge in [-0.15, -0.1) is 0 Å². The molecule has 1 aromatic carbocycles. The SMILES string of the molecule is C1=N\C2CC(N2)Oc2ccccc2/1. The maximum absolute atomic E-state index is 5.70. The number of nitrogens with zero attached hydrogens (tertiary/aromatic N) is 1. The highest BCUT2D eigenvalue weighted by Gasteiger charge is 2.30. The summed E-state index contributed by atoms with van der Waals surface area (Å²) in [5, 5.41) is 3.20. The zero-order valence-corrected chi connectivity index (χ0v) is 7.10. The van der Waals surface area contributed by atoms with Crippen molar-refractivity contribution < 1.29 is 4.74 Å². The molecule has 13 heavy (non-hydrogen) atoms. The lowest BCUT2D eigenvalue weighted by Gasteiger charge is -2.36. The third kappa shape index (κ3) is 1.12. The molecule has 2 atom stereocenters. The summed E-state index contributed by atoms with van der Waals surface area (Å²) in [6.45, 7) is 0. The largest absolute Gasteiger partial charge is 0.474 e. The van der Waals surface area contributed by atoms with Crippen LogP contribution in [-0.2, 0) is 0 Å². The molecule has 3 heteroatoms. The van der Waals surface area contributed by atoms with Gasteiger partial charge >= 0.3 is 0 Å². The van der Waals surface area contributed by atoms with E-state index in [9.17, 15) is 0 Å². The Morgan fingerprint density at radius 2 is 2.23 bits per heavy atom. The highest BCUT2D eigenvalue weighted by molar-refractivity contribution is 5.83. The Bertz CT molecular complexity index is 356. The van der Waals surface area contributed by atoms with E-state index in [1.54, 1.807) is 0 Å². The highest BCUT2D eigenvalue weighted by atomic mass is 16.5. The summed E-state index contributed by atoms with van der Waals surface area (Å²) in [7, 11) is 0. The molecule has 3 nitrogen and oxygen atoms in total. The van der Waals surface area contributed by atoms with Crippen LogP contribution < -0.4 is 10.1 Å². The van der Waals surface area contributed by atoms with Crippen molar-refractivity contribution in [1.82, 2.24) is 5.32 Å². The van der Waals surface area contributed by atoms with E-state index in [1.807, 2.05) is 30.5 Å². The quantitative estimate of drug-likeness (QED) is 0.640. The molecule has 0 aliphatic carbocycles. The van der Waals surface area contributed by atoms with Crippen molar-refractivity contribution in [3.63, 3.8) is 0 Å². The Balaban J connectivity index is 2.05. The van der Waals surface area contributed by atoms with Crippen molar-refractivity contribution in [2.24, 2.45) is 4.99 Å². The molecule has 4 rings (SSSR count). The van der Waals surface area contributed by atoms with E-state index in [0.717, 1.165) is 17.7 Å². The molecule has 3 aliphatic heterocycles. The molecule has 1 N–H and O–H groups in total. The first-order valence-electron chi connectivity index (χ1n) is 4.47. The summed E-state index contributed by atoms with van der Waals surface area (Å²) >= 11 is 0. The van der Waals surface area contributed by atoms with Gasteiger partial charge in [0.05, 0.1) is 0 Å². The minimum absolute atomic E-state index is 0.156. The number of nitrogens with one attached hydrogen (secondary N) is 1. The molecular formula is C10H10N2O. The summed E-state index contributed by atoms with van der Waals surface area (Å²) in [6, 6.07) is 7.96. The van der Waals surface area contributed by atoms with E-state index in [1.165, 1.54) is 0 Å². The zero-order valence-electron chi connectivity index (χ0n) is 7.10. The first-order valence-corrected chi connectivity index (χ1v) is 4.47. The van der Waals surface area contributed by atoms with Gasteiger partial charge in [-0.05, 0) is 12.1 Å². The van der Waals surface area contributed by atoms with Gasteiger partial charge in [0, 0.05) is 18.2 Å². The highest BCUT2D eigenvalue weighted by Crippen LogP contribution is 2.24. The Labute approximate surface area is 76.4 Å². The zero-order chi connectivity index (χ0) is 8.67. The van der Waals surface area contributed by atoms with Gasteiger partial charge in [0.15, 0.2) is 6.23 Å². The maximum Gasteiger partial charge on any atom is 0.155 e. The van der Waals surface area contributed by atoms with Crippen molar-refractivity contribution in [2.45, 2.75) is 18.8 Å². The second-order valence-corrected chi connectivity index (χ2v) is 3.34. The van der Waals surface area contributed by atoms with Crippen LogP contribution in [0.15, 0.2) is 29.3 Å². The molecule has 2 unspecified atom stereocenters. The van der Waals surface area contributed by atoms with Crippen molar-refractivity contribution in [3.8, 4) is 5.75 Å². The number of ether oxygens (including phenoxy) is 1. The van der Waals surface area contributed by atoms with Crippen molar-refractivity contribution >= 4 is 6.21 Å². The molecule has 3 aliphatic rings. The molecule has 3 heterocycles. The van der Waals surface area contributed by atoms with Crippen LogP contribution in [0, 0.1) is 0 Å². The maximum atomic E-state index is 5.70. The Hall–Kier alpha value is -1.35. The predicted molar refractivity (Wildman–Crippen MR) is 50.0 cm³/mol. The fraction of sp³-hybridized carbons (Fsp3) is 0.300. The van der Waals surface area contributed by atoms with Gasteiger partial charge in [-0.25, -0.2) is 0 Å². The minimum Gasteiger partial charge on any atom is -0.474 e. The van der Waals surface area contributed by atoms with E-state index in [0.29, 0.717) is 0 Å². The van der Waals surface area contributed by atoms with Crippen LogP contribution in [0.2, 0.25) is 0 Å². The third-order valence-corrected chi connectivity index (χ3v) is 2.40. The predicted octanol–water partition coefficient (Wildman–Crippen LogP) is 1.14. The summed E-state index contributed by atoms with van der Waals surface area (Å²) < 4.78 is 5.70. The number of rotatable bonds is 0. The van der Waals surface area contributed by atoms with E-state index in [2.05, 4.69) is 10.3 Å². The Morgan fingerprint density at radius 3 is 3.15 bits per heavy atom. The molecule has 66 valence electrons. The molecule has 0 aromatic heterocycles.